The quantitative estimate of drug-likeness (QED) is 0.316. The Kier molecular flexibility index (Phi) is 5.33. The minimum absolute atomic E-state index is 0.221. The summed E-state index contributed by atoms with van der Waals surface area (Å²) in [7, 11) is 0. The van der Waals surface area contributed by atoms with E-state index in [2.05, 4.69) is 30.4 Å². The number of aromatic hydroxyl groups is 1. The number of benzene rings is 1. The normalized spacial score (nSPS) is 12.5. The van der Waals surface area contributed by atoms with Gasteiger partial charge in [0.15, 0.2) is 11.1 Å². The number of pyridine rings is 1. The van der Waals surface area contributed by atoms with Gasteiger partial charge in [-0.1, -0.05) is 23.7 Å². The Morgan fingerprint density at radius 1 is 1.18 bits per heavy atom. The van der Waals surface area contributed by atoms with Crippen LogP contribution in [0, 0.1) is 0 Å². The predicted molar refractivity (Wildman–Crippen MR) is 123 cm³/mol. The first-order valence-electron chi connectivity index (χ1n) is 9.89. The lowest BCUT2D eigenvalue weighted by molar-refractivity contribution is 0.454. The zero-order valence-corrected chi connectivity index (χ0v) is 17.8. The van der Waals surface area contributed by atoms with Crippen molar-refractivity contribution in [1.29, 1.82) is 0 Å². The molecule has 0 radical (unpaired) electrons. The summed E-state index contributed by atoms with van der Waals surface area (Å²) in [6.45, 7) is 0.397. The van der Waals surface area contributed by atoms with Gasteiger partial charge in [0.2, 0.25) is 5.88 Å². The molecule has 0 aliphatic heterocycles. The van der Waals surface area contributed by atoms with E-state index >= 15 is 0 Å². The Labute approximate surface area is 191 Å². The summed E-state index contributed by atoms with van der Waals surface area (Å²) in [4.78, 5) is 29.8. The first kappa shape index (κ1) is 20.5. The third kappa shape index (κ3) is 4.46. The monoisotopic (exact) mass is 460 g/mol. The van der Waals surface area contributed by atoms with Crippen molar-refractivity contribution in [1.82, 2.24) is 29.5 Å². The second kappa shape index (κ2) is 8.60. The molecule has 4 N–H and O–H groups in total. The van der Waals surface area contributed by atoms with Gasteiger partial charge in [-0.2, -0.15) is 9.61 Å². The molecule has 0 atom stereocenters. The van der Waals surface area contributed by atoms with Crippen LogP contribution < -0.4 is 21.7 Å². The summed E-state index contributed by atoms with van der Waals surface area (Å²) in [6, 6.07) is 12.8. The van der Waals surface area contributed by atoms with Gasteiger partial charge in [0.1, 0.15) is 11.5 Å². The molecule has 0 spiro atoms. The number of rotatable bonds is 5. The molecule has 0 amide bonds. The third-order valence-corrected chi connectivity index (χ3v) is 4.99. The highest BCUT2D eigenvalue weighted by atomic mass is 35.5. The largest absolute Gasteiger partial charge is 0.493 e. The van der Waals surface area contributed by atoms with Crippen molar-refractivity contribution in [2.45, 2.75) is 6.54 Å². The molecule has 0 saturated heterocycles. The number of hydrogen-bond donors (Lipinski definition) is 4. The number of nitrogens with zero attached hydrogens (tertiary/aromatic N) is 5. The molecule has 0 saturated carbocycles. The van der Waals surface area contributed by atoms with E-state index in [0.717, 1.165) is 11.3 Å². The van der Waals surface area contributed by atoms with Gasteiger partial charge in [-0.15, -0.1) is 0 Å². The number of aromatic nitrogens is 6. The van der Waals surface area contributed by atoms with Gasteiger partial charge in [-0.25, -0.2) is 9.78 Å². The molecule has 4 aromatic heterocycles. The molecular formula is C22H17ClN8O2. The summed E-state index contributed by atoms with van der Waals surface area (Å²) in [5.74, 6) is 0.255. The van der Waals surface area contributed by atoms with E-state index in [9.17, 15) is 9.90 Å². The van der Waals surface area contributed by atoms with Gasteiger partial charge in [-0.3, -0.25) is 15.0 Å². The van der Waals surface area contributed by atoms with Crippen LogP contribution in [0.3, 0.4) is 0 Å². The van der Waals surface area contributed by atoms with Crippen LogP contribution in [0.15, 0.2) is 70.8 Å². The minimum atomic E-state index is -0.515. The van der Waals surface area contributed by atoms with Crippen molar-refractivity contribution in [3.63, 3.8) is 0 Å². The number of nitrogens with one attached hydrogen (secondary N) is 3. The average molecular weight is 461 g/mol. The molecule has 5 aromatic rings. The molecule has 33 heavy (non-hydrogen) atoms. The second-order valence-electron chi connectivity index (χ2n) is 7.13. The van der Waals surface area contributed by atoms with Crippen molar-refractivity contribution in [3.05, 3.63) is 98.5 Å². The summed E-state index contributed by atoms with van der Waals surface area (Å²) in [6.07, 6.45) is 6.62. The molecule has 11 heteroatoms. The zero-order chi connectivity index (χ0) is 22.8. The van der Waals surface area contributed by atoms with Crippen molar-refractivity contribution < 1.29 is 5.11 Å². The van der Waals surface area contributed by atoms with E-state index in [0.29, 0.717) is 33.7 Å². The Morgan fingerprint density at radius 3 is 2.85 bits per heavy atom. The zero-order valence-electron chi connectivity index (χ0n) is 17.0. The lowest BCUT2D eigenvalue weighted by Crippen LogP contribution is -2.19. The van der Waals surface area contributed by atoms with Crippen LogP contribution in [-0.4, -0.2) is 34.7 Å². The van der Waals surface area contributed by atoms with Crippen molar-refractivity contribution >= 4 is 34.8 Å². The Bertz CT molecular complexity index is 1620. The maximum absolute atomic E-state index is 11.5. The van der Waals surface area contributed by atoms with E-state index in [4.69, 9.17) is 16.6 Å². The van der Waals surface area contributed by atoms with E-state index < -0.39 is 5.69 Å². The Morgan fingerprint density at radius 2 is 2.09 bits per heavy atom. The fourth-order valence-electron chi connectivity index (χ4n) is 3.27. The van der Waals surface area contributed by atoms with Gasteiger partial charge in [0.05, 0.1) is 12.7 Å². The third-order valence-electron chi connectivity index (χ3n) is 4.76. The summed E-state index contributed by atoms with van der Waals surface area (Å²) in [5.41, 5.74) is 2.45. The van der Waals surface area contributed by atoms with Crippen LogP contribution in [0.2, 0.25) is 5.02 Å². The van der Waals surface area contributed by atoms with Crippen LogP contribution in [0.1, 0.15) is 11.3 Å². The number of aromatic amines is 2. The maximum Gasteiger partial charge on any atom is 0.326 e. The minimum Gasteiger partial charge on any atom is -0.493 e. The summed E-state index contributed by atoms with van der Waals surface area (Å²) >= 11 is 6.11. The van der Waals surface area contributed by atoms with Crippen LogP contribution in [0.4, 0.5) is 11.5 Å². The lowest BCUT2D eigenvalue weighted by atomic mass is 10.3. The molecule has 0 fully saturated rings. The van der Waals surface area contributed by atoms with Gasteiger partial charge < -0.3 is 15.4 Å². The van der Waals surface area contributed by atoms with E-state index in [1.165, 1.54) is 0 Å². The number of fused-ring (bicyclic) bond motifs is 1. The van der Waals surface area contributed by atoms with E-state index in [1.54, 1.807) is 47.4 Å². The van der Waals surface area contributed by atoms with Crippen LogP contribution in [0.5, 0.6) is 5.88 Å². The van der Waals surface area contributed by atoms with Crippen LogP contribution in [-0.2, 0) is 6.54 Å². The topological polar surface area (TPSA) is 136 Å². The van der Waals surface area contributed by atoms with Crippen molar-refractivity contribution in [3.8, 4) is 5.88 Å². The maximum atomic E-state index is 11.5. The second-order valence-corrected chi connectivity index (χ2v) is 7.57. The van der Waals surface area contributed by atoms with Gasteiger partial charge >= 0.3 is 5.69 Å². The lowest BCUT2D eigenvalue weighted by Gasteiger charge is -2.07. The fraction of sp³-hybridized carbons (Fsp3) is 0.0455. The number of halogens is 1. The van der Waals surface area contributed by atoms with Crippen molar-refractivity contribution in [2.24, 2.45) is 4.99 Å². The van der Waals surface area contributed by atoms with Gasteiger partial charge in [0, 0.05) is 34.4 Å². The number of hydrogen-bond acceptors (Lipinski definition) is 7. The van der Waals surface area contributed by atoms with Crippen LogP contribution in [0.25, 0.3) is 11.7 Å². The Balaban J connectivity index is 1.66. The smallest absolute Gasteiger partial charge is 0.326 e. The molecule has 5 rings (SSSR count). The average Bonchev–Trinajstić information content (AvgIpc) is 3.35. The van der Waals surface area contributed by atoms with Gasteiger partial charge in [0.25, 0.3) is 0 Å². The fourth-order valence-corrected chi connectivity index (χ4v) is 3.46. The Hall–Kier alpha value is -4.44. The first-order valence-corrected chi connectivity index (χ1v) is 10.3. The number of anilines is 2. The number of H-pyrrole nitrogens is 2. The molecule has 1 aromatic carbocycles. The van der Waals surface area contributed by atoms with E-state index in [1.807, 2.05) is 24.3 Å². The highest BCUT2D eigenvalue weighted by molar-refractivity contribution is 6.30. The van der Waals surface area contributed by atoms with Gasteiger partial charge in [-0.05, 0) is 35.9 Å². The SMILES string of the molecule is O=c1[nH]c(O)c(/C=c2\cnn3c(=NCc4cccnc4)cc(Nc4cccc(Cl)c4)nc23)[nH]1. The standard InChI is InChI=1S/C22H17ClN8O2/c23-15-4-1-5-16(8-15)27-18-9-19(25-11-13-3-2-6-24-10-13)31-20(29-18)14(12-26-31)7-17-21(32)30-22(33)28-17/h1-10,12,27,32H,11H2,(H2,28,30,33)/b14-7+,25-19?. The van der Waals surface area contributed by atoms with Crippen molar-refractivity contribution in [2.75, 3.05) is 5.32 Å². The molecule has 10 nitrogen and oxygen atoms in total. The first-order chi connectivity index (χ1) is 16.0. The highest BCUT2D eigenvalue weighted by Gasteiger charge is 2.08. The molecule has 0 aliphatic carbocycles. The molecule has 164 valence electrons. The molecular weight excluding hydrogens is 444 g/mol. The molecule has 4 heterocycles. The van der Waals surface area contributed by atoms with E-state index in [-0.39, 0.29) is 11.6 Å². The summed E-state index contributed by atoms with van der Waals surface area (Å²) < 4.78 is 1.59. The predicted octanol–water partition coefficient (Wildman–Crippen LogP) is 1.89. The summed E-state index contributed by atoms with van der Waals surface area (Å²) in [5, 5.41) is 18.7. The molecule has 0 bridgehead atoms. The highest BCUT2D eigenvalue weighted by Crippen LogP contribution is 2.18. The number of imidazole rings is 1. The van der Waals surface area contributed by atoms with Crippen LogP contribution >= 0.6 is 11.6 Å². The molecule has 0 unspecified atom stereocenters. The molecule has 0 aliphatic rings.